The van der Waals surface area contributed by atoms with Crippen molar-refractivity contribution in [1.29, 1.82) is 0 Å². The van der Waals surface area contributed by atoms with E-state index in [1.807, 2.05) is 0 Å². The van der Waals surface area contributed by atoms with E-state index < -0.39 is 23.5 Å². The second-order valence-electron chi connectivity index (χ2n) is 6.12. The number of likely N-dealkylation sites (N-methyl/N-ethyl adjacent to an activating group) is 1. The number of ether oxygens (including phenoxy) is 1. The van der Waals surface area contributed by atoms with Crippen LogP contribution in [0.4, 0.5) is 0 Å². The van der Waals surface area contributed by atoms with Crippen molar-refractivity contribution in [1.82, 2.24) is 4.90 Å². The maximum absolute atomic E-state index is 12.9. The van der Waals surface area contributed by atoms with Gasteiger partial charge in [0.05, 0.1) is 0 Å². The zero-order valence-electron chi connectivity index (χ0n) is 14.2. The zero-order valence-corrected chi connectivity index (χ0v) is 14.9. The van der Waals surface area contributed by atoms with Gasteiger partial charge in [-0.1, -0.05) is 29.8 Å². The van der Waals surface area contributed by atoms with Crippen LogP contribution in [0.25, 0.3) is 0 Å². The number of esters is 1. The number of halogens is 1. The number of carbonyl (C=O) groups excluding carboxylic acids is 3. The minimum atomic E-state index is -1.11. The van der Waals surface area contributed by atoms with Gasteiger partial charge in [-0.25, -0.2) is 0 Å². The highest BCUT2D eigenvalue weighted by molar-refractivity contribution is 6.31. The van der Waals surface area contributed by atoms with Crippen LogP contribution < -0.4 is 0 Å². The van der Waals surface area contributed by atoms with Crippen molar-refractivity contribution in [2.24, 2.45) is 0 Å². The van der Waals surface area contributed by atoms with Gasteiger partial charge in [-0.3, -0.25) is 14.4 Å². The second-order valence-corrected chi connectivity index (χ2v) is 6.53. The van der Waals surface area contributed by atoms with Gasteiger partial charge >= 0.3 is 5.97 Å². The van der Waals surface area contributed by atoms with E-state index in [0.29, 0.717) is 23.4 Å². The van der Waals surface area contributed by atoms with E-state index in [0.717, 1.165) is 12.8 Å². The van der Waals surface area contributed by atoms with Crippen molar-refractivity contribution < 1.29 is 19.1 Å². The van der Waals surface area contributed by atoms with Crippen LogP contribution in [0.2, 0.25) is 5.02 Å². The molecule has 1 amide bonds. The van der Waals surface area contributed by atoms with Gasteiger partial charge in [0.2, 0.25) is 0 Å². The molecule has 0 saturated heterocycles. The number of carbonyl (C=O) groups is 3. The average molecular weight is 352 g/mol. The summed E-state index contributed by atoms with van der Waals surface area (Å²) in [6, 6.07) is 7.09. The van der Waals surface area contributed by atoms with Gasteiger partial charge in [0.15, 0.2) is 11.9 Å². The minimum absolute atomic E-state index is 0.0345. The number of Topliss-reactive ketones (excluding diaryl/α,β-unsaturated/α-hetero) is 1. The minimum Gasteiger partial charge on any atom is -0.453 e. The SMILES string of the molecule is CC(=O)OC(C)C(=O)N(C)[C@]1(c2ccccc2Cl)CCCCC1=O. The summed E-state index contributed by atoms with van der Waals surface area (Å²) >= 11 is 6.35. The molecule has 0 aromatic heterocycles. The molecule has 130 valence electrons. The first kappa shape index (κ1) is 18.5. The Bertz CT molecular complexity index is 660. The molecule has 1 saturated carbocycles. The molecular formula is C18H22ClNO4. The molecule has 2 rings (SSSR count). The Balaban J connectivity index is 2.47. The van der Waals surface area contributed by atoms with Crippen molar-refractivity contribution in [2.45, 2.75) is 51.2 Å². The molecule has 0 bridgehead atoms. The van der Waals surface area contributed by atoms with Crippen LogP contribution in [0, 0.1) is 0 Å². The lowest BCUT2D eigenvalue weighted by molar-refractivity contribution is -0.163. The highest BCUT2D eigenvalue weighted by Gasteiger charge is 2.48. The zero-order chi connectivity index (χ0) is 17.9. The first-order valence-electron chi connectivity index (χ1n) is 8.04. The lowest BCUT2D eigenvalue weighted by Gasteiger charge is -2.44. The first-order chi connectivity index (χ1) is 11.3. The van der Waals surface area contributed by atoms with Crippen LogP contribution >= 0.6 is 11.6 Å². The van der Waals surface area contributed by atoms with Crippen LogP contribution in [-0.4, -0.2) is 35.7 Å². The van der Waals surface area contributed by atoms with Crippen LogP contribution in [0.15, 0.2) is 24.3 Å². The quantitative estimate of drug-likeness (QED) is 0.782. The molecule has 0 aliphatic heterocycles. The van der Waals surface area contributed by atoms with Crippen molar-refractivity contribution in [3.05, 3.63) is 34.9 Å². The molecule has 1 fully saturated rings. The van der Waals surface area contributed by atoms with E-state index in [1.54, 1.807) is 31.3 Å². The lowest BCUT2D eigenvalue weighted by atomic mass is 9.74. The van der Waals surface area contributed by atoms with Crippen LogP contribution in [-0.2, 0) is 24.7 Å². The Kier molecular flexibility index (Phi) is 5.65. The fourth-order valence-electron chi connectivity index (χ4n) is 3.39. The summed E-state index contributed by atoms with van der Waals surface area (Å²) in [5.41, 5.74) is -0.482. The van der Waals surface area contributed by atoms with E-state index in [1.165, 1.54) is 18.7 Å². The predicted octanol–water partition coefficient (Wildman–Crippen LogP) is 3.09. The van der Waals surface area contributed by atoms with Crippen LogP contribution in [0.5, 0.6) is 0 Å². The molecule has 1 unspecified atom stereocenters. The fourth-order valence-corrected chi connectivity index (χ4v) is 3.68. The third-order valence-corrected chi connectivity index (χ3v) is 4.90. The Morgan fingerprint density at radius 1 is 1.29 bits per heavy atom. The molecular weight excluding hydrogens is 330 g/mol. The molecule has 2 atom stereocenters. The molecule has 0 heterocycles. The van der Waals surface area contributed by atoms with Crippen molar-refractivity contribution in [3.63, 3.8) is 0 Å². The molecule has 1 aliphatic carbocycles. The van der Waals surface area contributed by atoms with Gasteiger partial charge < -0.3 is 9.64 Å². The monoisotopic (exact) mass is 351 g/mol. The van der Waals surface area contributed by atoms with E-state index in [4.69, 9.17) is 16.3 Å². The largest absolute Gasteiger partial charge is 0.453 e. The Labute approximate surface area is 146 Å². The van der Waals surface area contributed by atoms with E-state index in [-0.39, 0.29) is 5.78 Å². The summed E-state index contributed by atoms with van der Waals surface area (Å²) in [4.78, 5) is 38.2. The first-order valence-corrected chi connectivity index (χ1v) is 8.41. The molecule has 24 heavy (non-hydrogen) atoms. The summed E-state index contributed by atoms with van der Waals surface area (Å²) in [7, 11) is 1.58. The maximum Gasteiger partial charge on any atom is 0.303 e. The summed E-state index contributed by atoms with van der Waals surface area (Å²) in [6.07, 6.45) is 1.56. The maximum atomic E-state index is 12.9. The molecule has 1 aromatic carbocycles. The molecule has 0 spiro atoms. The number of nitrogens with zero attached hydrogens (tertiary/aromatic N) is 1. The molecule has 0 radical (unpaired) electrons. The van der Waals surface area contributed by atoms with Gasteiger partial charge in [-0.2, -0.15) is 0 Å². The van der Waals surface area contributed by atoms with Crippen LogP contribution in [0.1, 0.15) is 45.1 Å². The van der Waals surface area contributed by atoms with Gasteiger partial charge in [0.1, 0.15) is 5.54 Å². The summed E-state index contributed by atoms with van der Waals surface area (Å²) in [5, 5.41) is 0.451. The highest BCUT2D eigenvalue weighted by Crippen LogP contribution is 2.42. The fraction of sp³-hybridized carbons (Fsp3) is 0.500. The topological polar surface area (TPSA) is 63.7 Å². The van der Waals surface area contributed by atoms with Gasteiger partial charge in [-0.15, -0.1) is 0 Å². The molecule has 1 aromatic rings. The number of ketones is 1. The molecule has 0 N–H and O–H groups in total. The summed E-state index contributed by atoms with van der Waals surface area (Å²) < 4.78 is 5.00. The third-order valence-electron chi connectivity index (χ3n) is 4.57. The lowest BCUT2D eigenvalue weighted by Crippen LogP contribution is -2.56. The second kappa shape index (κ2) is 7.34. The van der Waals surface area contributed by atoms with Crippen molar-refractivity contribution in [3.8, 4) is 0 Å². The number of hydrogen-bond donors (Lipinski definition) is 0. The molecule has 1 aliphatic rings. The van der Waals surface area contributed by atoms with Crippen LogP contribution in [0.3, 0.4) is 0 Å². The van der Waals surface area contributed by atoms with E-state index in [9.17, 15) is 14.4 Å². The Hall–Kier alpha value is -1.88. The van der Waals surface area contributed by atoms with E-state index in [2.05, 4.69) is 0 Å². The highest BCUT2D eigenvalue weighted by atomic mass is 35.5. The van der Waals surface area contributed by atoms with Gasteiger partial charge in [0, 0.05) is 31.0 Å². The third kappa shape index (κ3) is 3.31. The van der Waals surface area contributed by atoms with Gasteiger partial charge in [-0.05, 0) is 32.3 Å². The summed E-state index contributed by atoms with van der Waals surface area (Å²) in [6.45, 7) is 2.76. The predicted molar refractivity (Wildman–Crippen MR) is 90.6 cm³/mol. The van der Waals surface area contributed by atoms with Crippen molar-refractivity contribution >= 4 is 29.3 Å². The Morgan fingerprint density at radius 2 is 1.96 bits per heavy atom. The van der Waals surface area contributed by atoms with Gasteiger partial charge in [0.25, 0.3) is 5.91 Å². The van der Waals surface area contributed by atoms with E-state index >= 15 is 0 Å². The smallest absolute Gasteiger partial charge is 0.303 e. The standard InChI is InChI=1S/C18H22ClNO4/c1-12(24-13(2)21)17(23)20(3)18(11-7-6-10-16(18)22)14-8-4-5-9-15(14)19/h4-5,8-9,12H,6-7,10-11H2,1-3H3/t12?,18-/m0/s1. The number of hydrogen-bond acceptors (Lipinski definition) is 4. The average Bonchev–Trinajstić information content (AvgIpc) is 2.54. The normalized spacial score (nSPS) is 21.9. The molecule has 6 heteroatoms. The number of rotatable bonds is 4. The van der Waals surface area contributed by atoms with Crippen molar-refractivity contribution in [2.75, 3.05) is 7.05 Å². The number of amides is 1. The number of benzene rings is 1. The Morgan fingerprint density at radius 3 is 2.54 bits per heavy atom. The molecule has 5 nitrogen and oxygen atoms in total. The summed E-state index contributed by atoms with van der Waals surface area (Å²) in [5.74, 6) is -0.987.